The summed E-state index contributed by atoms with van der Waals surface area (Å²) in [5, 5.41) is 19.7. The van der Waals surface area contributed by atoms with Gasteiger partial charge in [0.05, 0.1) is 44.2 Å². The lowest BCUT2D eigenvalue weighted by Gasteiger charge is -2.46. The normalized spacial score (nSPS) is 27.3. The second-order valence-corrected chi connectivity index (χ2v) is 10.4. The molecule has 5 rings (SSSR count). The summed E-state index contributed by atoms with van der Waals surface area (Å²) in [7, 11) is 0. The van der Waals surface area contributed by atoms with E-state index in [1.807, 2.05) is 0 Å². The average Bonchev–Trinajstić information content (AvgIpc) is 2.81. The van der Waals surface area contributed by atoms with E-state index in [0.717, 1.165) is 43.8 Å². The molecule has 3 atom stereocenters. The van der Waals surface area contributed by atoms with Crippen molar-refractivity contribution < 1.29 is 24.4 Å². The highest BCUT2D eigenvalue weighted by molar-refractivity contribution is 5.38. The van der Waals surface area contributed by atoms with Crippen molar-refractivity contribution in [2.45, 2.75) is 76.3 Å². The molecule has 2 saturated heterocycles. The van der Waals surface area contributed by atoms with Crippen molar-refractivity contribution in [1.82, 2.24) is 0 Å². The molecular weight excluding hydrogens is 416 g/mol. The summed E-state index contributed by atoms with van der Waals surface area (Å²) >= 11 is 0. The SMILES string of the molecule is Cc1ccc(C2CC(O)CC(CO)O2)cc1Cc1ccc(OC2CCC3(CC2)COC3)cc1. The van der Waals surface area contributed by atoms with Gasteiger partial charge in [-0.15, -0.1) is 0 Å². The average molecular weight is 453 g/mol. The van der Waals surface area contributed by atoms with Gasteiger partial charge in [0.1, 0.15) is 5.75 Å². The fourth-order valence-corrected chi connectivity index (χ4v) is 5.50. The van der Waals surface area contributed by atoms with Gasteiger partial charge in [0.25, 0.3) is 0 Å². The van der Waals surface area contributed by atoms with E-state index in [2.05, 4.69) is 49.4 Å². The van der Waals surface area contributed by atoms with Gasteiger partial charge in [-0.2, -0.15) is 0 Å². The minimum atomic E-state index is -0.435. The van der Waals surface area contributed by atoms with Crippen LogP contribution in [0.25, 0.3) is 0 Å². The molecule has 0 aromatic heterocycles. The van der Waals surface area contributed by atoms with E-state index >= 15 is 0 Å². The van der Waals surface area contributed by atoms with E-state index in [4.69, 9.17) is 14.2 Å². The first-order valence-corrected chi connectivity index (χ1v) is 12.4. The van der Waals surface area contributed by atoms with Crippen LogP contribution in [0.2, 0.25) is 0 Å². The highest BCUT2D eigenvalue weighted by atomic mass is 16.5. The van der Waals surface area contributed by atoms with Crippen molar-refractivity contribution in [2.75, 3.05) is 19.8 Å². The Bertz CT molecular complexity index is 926. The van der Waals surface area contributed by atoms with Crippen LogP contribution in [0.4, 0.5) is 0 Å². The molecular formula is C28H36O5. The molecule has 2 aliphatic heterocycles. The smallest absolute Gasteiger partial charge is 0.119 e. The Labute approximate surface area is 196 Å². The first-order chi connectivity index (χ1) is 16.0. The van der Waals surface area contributed by atoms with Gasteiger partial charge in [0, 0.05) is 18.3 Å². The van der Waals surface area contributed by atoms with E-state index in [9.17, 15) is 10.2 Å². The molecule has 2 aromatic rings. The molecule has 0 amide bonds. The second kappa shape index (κ2) is 9.75. The Hall–Kier alpha value is -1.92. The van der Waals surface area contributed by atoms with Gasteiger partial charge in [0.2, 0.25) is 0 Å². The molecule has 33 heavy (non-hydrogen) atoms. The van der Waals surface area contributed by atoms with E-state index in [-0.39, 0.29) is 18.8 Å². The topological polar surface area (TPSA) is 68.2 Å². The van der Waals surface area contributed by atoms with Crippen LogP contribution in [0.5, 0.6) is 5.75 Å². The van der Waals surface area contributed by atoms with Crippen LogP contribution >= 0.6 is 0 Å². The summed E-state index contributed by atoms with van der Waals surface area (Å²) in [6.07, 6.45) is 5.97. The minimum Gasteiger partial charge on any atom is -0.490 e. The van der Waals surface area contributed by atoms with Gasteiger partial charge < -0.3 is 24.4 Å². The van der Waals surface area contributed by atoms with Crippen molar-refractivity contribution in [3.8, 4) is 5.75 Å². The fourth-order valence-electron chi connectivity index (χ4n) is 5.50. The molecule has 1 spiro atoms. The molecule has 0 bridgehead atoms. The number of ether oxygens (including phenoxy) is 3. The number of aryl methyl sites for hydroxylation is 1. The number of hydrogen-bond acceptors (Lipinski definition) is 5. The first-order valence-electron chi connectivity index (χ1n) is 12.4. The molecule has 3 unspecified atom stereocenters. The van der Waals surface area contributed by atoms with Crippen LogP contribution in [-0.4, -0.2) is 48.3 Å². The standard InChI is InChI=1S/C28H36O5/c1-19-2-5-21(27-15-23(30)14-26(16-29)33-27)13-22(19)12-20-3-6-24(7-4-20)32-25-8-10-28(11-9-25)17-31-18-28/h2-7,13,23,25-27,29-30H,8-12,14-18H2,1H3. The van der Waals surface area contributed by atoms with Crippen molar-refractivity contribution >= 4 is 0 Å². The zero-order chi connectivity index (χ0) is 22.8. The molecule has 1 aliphatic carbocycles. The minimum absolute atomic E-state index is 0.0587. The summed E-state index contributed by atoms with van der Waals surface area (Å²) in [5.41, 5.74) is 5.26. The van der Waals surface area contributed by atoms with E-state index in [0.29, 0.717) is 24.4 Å². The van der Waals surface area contributed by atoms with E-state index in [1.165, 1.54) is 29.5 Å². The van der Waals surface area contributed by atoms with Crippen molar-refractivity contribution in [1.29, 1.82) is 0 Å². The summed E-state index contributed by atoms with van der Waals surface area (Å²) in [6, 6.07) is 14.9. The lowest BCUT2D eigenvalue weighted by atomic mass is 9.72. The van der Waals surface area contributed by atoms with Crippen LogP contribution in [0.1, 0.15) is 66.9 Å². The third-order valence-electron chi connectivity index (χ3n) is 7.76. The van der Waals surface area contributed by atoms with Gasteiger partial charge in [-0.25, -0.2) is 0 Å². The second-order valence-electron chi connectivity index (χ2n) is 10.4. The molecule has 178 valence electrons. The highest BCUT2D eigenvalue weighted by Gasteiger charge is 2.42. The molecule has 1 saturated carbocycles. The zero-order valence-corrected chi connectivity index (χ0v) is 19.5. The summed E-state index contributed by atoms with van der Waals surface area (Å²) in [4.78, 5) is 0. The lowest BCUT2D eigenvalue weighted by Crippen LogP contribution is -2.46. The van der Waals surface area contributed by atoms with E-state index < -0.39 is 6.10 Å². The number of aliphatic hydroxyl groups is 2. The van der Waals surface area contributed by atoms with Crippen LogP contribution in [0, 0.1) is 12.3 Å². The molecule has 5 heteroatoms. The maximum atomic E-state index is 10.2. The van der Waals surface area contributed by atoms with Gasteiger partial charge in [-0.1, -0.05) is 30.3 Å². The molecule has 3 fully saturated rings. The first kappa shape index (κ1) is 22.9. The monoisotopic (exact) mass is 452 g/mol. The van der Waals surface area contributed by atoms with Gasteiger partial charge in [-0.05, 0) is 73.4 Å². The van der Waals surface area contributed by atoms with Gasteiger partial charge in [-0.3, -0.25) is 0 Å². The molecule has 3 aliphatic rings. The van der Waals surface area contributed by atoms with Crippen LogP contribution < -0.4 is 4.74 Å². The van der Waals surface area contributed by atoms with E-state index in [1.54, 1.807) is 0 Å². The summed E-state index contributed by atoms with van der Waals surface area (Å²) in [5.74, 6) is 0.953. The summed E-state index contributed by atoms with van der Waals surface area (Å²) < 4.78 is 17.7. The number of hydrogen-bond donors (Lipinski definition) is 2. The maximum absolute atomic E-state index is 10.2. The molecule has 5 nitrogen and oxygen atoms in total. The number of aliphatic hydroxyl groups excluding tert-OH is 2. The zero-order valence-electron chi connectivity index (χ0n) is 19.5. The number of benzene rings is 2. The molecule has 0 radical (unpaired) electrons. The van der Waals surface area contributed by atoms with Gasteiger partial charge >= 0.3 is 0 Å². The third kappa shape index (κ3) is 5.27. The number of rotatable bonds is 6. The largest absolute Gasteiger partial charge is 0.490 e. The Balaban J connectivity index is 1.21. The Morgan fingerprint density at radius 3 is 2.45 bits per heavy atom. The summed E-state index contributed by atoms with van der Waals surface area (Å²) in [6.45, 7) is 3.94. The predicted octanol–water partition coefficient (Wildman–Crippen LogP) is 4.50. The molecule has 2 N–H and O–H groups in total. The third-order valence-corrected chi connectivity index (χ3v) is 7.76. The van der Waals surface area contributed by atoms with Crippen molar-refractivity contribution in [2.24, 2.45) is 5.41 Å². The highest BCUT2D eigenvalue weighted by Crippen LogP contribution is 2.43. The molecule has 2 aromatic carbocycles. The lowest BCUT2D eigenvalue weighted by molar-refractivity contribution is -0.140. The Morgan fingerprint density at radius 2 is 1.79 bits per heavy atom. The molecule has 2 heterocycles. The predicted molar refractivity (Wildman–Crippen MR) is 127 cm³/mol. The maximum Gasteiger partial charge on any atom is 0.119 e. The van der Waals surface area contributed by atoms with Crippen molar-refractivity contribution in [3.05, 3.63) is 64.7 Å². The van der Waals surface area contributed by atoms with Crippen LogP contribution in [-0.2, 0) is 15.9 Å². The Kier molecular flexibility index (Phi) is 6.75. The van der Waals surface area contributed by atoms with Crippen LogP contribution in [0.15, 0.2) is 42.5 Å². The fraction of sp³-hybridized carbons (Fsp3) is 0.571. The van der Waals surface area contributed by atoms with Gasteiger partial charge in [0.15, 0.2) is 0 Å². The van der Waals surface area contributed by atoms with Crippen molar-refractivity contribution in [3.63, 3.8) is 0 Å². The Morgan fingerprint density at radius 1 is 1.03 bits per heavy atom. The quantitative estimate of drug-likeness (QED) is 0.676. The van der Waals surface area contributed by atoms with Crippen LogP contribution in [0.3, 0.4) is 0 Å².